The highest BCUT2D eigenvalue weighted by atomic mass is 15.1. The Kier molecular flexibility index (Phi) is 4.62. The molecule has 2 aliphatic rings. The van der Waals surface area contributed by atoms with E-state index in [4.69, 9.17) is 5.73 Å². The molecular weight excluding hydrogens is 198 g/mol. The van der Waals surface area contributed by atoms with Gasteiger partial charge in [0.15, 0.2) is 0 Å². The SMILES string of the molecule is CN1CCC(CCNC2CCC(N)CC2)C1. The first-order valence-corrected chi connectivity index (χ1v) is 6.91. The van der Waals surface area contributed by atoms with Gasteiger partial charge >= 0.3 is 0 Å². The minimum atomic E-state index is 0.474. The van der Waals surface area contributed by atoms with E-state index in [0.29, 0.717) is 6.04 Å². The van der Waals surface area contributed by atoms with Crippen LogP contribution >= 0.6 is 0 Å². The van der Waals surface area contributed by atoms with Gasteiger partial charge < -0.3 is 16.0 Å². The summed E-state index contributed by atoms with van der Waals surface area (Å²) in [6.07, 6.45) is 7.74. The van der Waals surface area contributed by atoms with E-state index in [1.54, 1.807) is 0 Å². The molecule has 1 unspecified atom stereocenters. The van der Waals surface area contributed by atoms with Crippen LogP contribution in [0, 0.1) is 5.92 Å². The molecule has 16 heavy (non-hydrogen) atoms. The first-order chi connectivity index (χ1) is 7.74. The Bertz CT molecular complexity index is 199. The van der Waals surface area contributed by atoms with Crippen LogP contribution in [-0.4, -0.2) is 43.7 Å². The van der Waals surface area contributed by atoms with Crippen molar-refractivity contribution in [2.75, 3.05) is 26.7 Å². The van der Waals surface area contributed by atoms with Crippen molar-refractivity contribution in [3.8, 4) is 0 Å². The average Bonchev–Trinajstić information content (AvgIpc) is 2.67. The van der Waals surface area contributed by atoms with Crippen LogP contribution in [0.15, 0.2) is 0 Å². The van der Waals surface area contributed by atoms with E-state index in [1.807, 2.05) is 0 Å². The fourth-order valence-corrected chi connectivity index (χ4v) is 3.08. The summed E-state index contributed by atoms with van der Waals surface area (Å²) in [6, 6.07) is 1.22. The smallest absolute Gasteiger partial charge is 0.00682 e. The molecular formula is C13H27N3. The Labute approximate surface area is 99.8 Å². The van der Waals surface area contributed by atoms with E-state index >= 15 is 0 Å². The standard InChI is InChI=1S/C13H27N3/c1-16-9-7-11(10-16)6-8-15-13-4-2-12(14)3-5-13/h11-13,15H,2-10,14H2,1H3. The number of nitrogens with zero attached hydrogens (tertiary/aromatic N) is 1. The predicted molar refractivity (Wildman–Crippen MR) is 68.5 cm³/mol. The van der Waals surface area contributed by atoms with Gasteiger partial charge in [0.25, 0.3) is 0 Å². The zero-order valence-corrected chi connectivity index (χ0v) is 10.6. The number of nitrogens with two attached hydrogens (primary N) is 1. The molecule has 1 atom stereocenters. The predicted octanol–water partition coefficient (Wildman–Crippen LogP) is 1.19. The lowest BCUT2D eigenvalue weighted by Crippen LogP contribution is -2.38. The van der Waals surface area contributed by atoms with Crippen LogP contribution < -0.4 is 11.1 Å². The van der Waals surface area contributed by atoms with Gasteiger partial charge in [0, 0.05) is 18.6 Å². The van der Waals surface area contributed by atoms with E-state index in [2.05, 4.69) is 17.3 Å². The van der Waals surface area contributed by atoms with Gasteiger partial charge in [0.1, 0.15) is 0 Å². The van der Waals surface area contributed by atoms with Crippen molar-refractivity contribution in [2.24, 2.45) is 11.7 Å². The number of likely N-dealkylation sites (tertiary alicyclic amines) is 1. The highest BCUT2D eigenvalue weighted by Crippen LogP contribution is 2.19. The molecule has 1 saturated carbocycles. The first-order valence-electron chi connectivity index (χ1n) is 6.91. The maximum atomic E-state index is 5.91. The van der Waals surface area contributed by atoms with Crippen LogP contribution in [0.4, 0.5) is 0 Å². The summed E-state index contributed by atoms with van der Waals surface area (Å²) in [5, 5.41) is 3.71. The molecule has 2 rings (SSSR count). The molecule has 0 radical (unpaired) electrons. The van der Waals surface area contributed by atoms with Gasteiger partial charge in [0.2, 0.25) is 0 Å². The monoisotopic (exact) mass is 225 g/mol. The normalized spacial score (nSPS) is 36.8. The molecule has 2 fully saturated rings. The van der Waals surface area contributed by atoms with Crippen LogP contribution in [0.3, 0.4) is 0 Å². The van der Waals surface area contributed by atoms with E-state index in [9.17, 15) is 0 Å². The van der Waals surface area contributed by atoms with Crippen molar-refractivity contribution in [3.63, 3.8) is 0 Å². The quantitative estimate of drug-likeness (QED) is 0.755. The molecule has 0 aromatic carbocycles. The third-order valence-corrected chi connectivity index (χ3v) is 4.25. The molecule has 0 amide bonds. The third-order valence-electron chi connectivity index (χ3n) is 4.25. The van der Waals surface area contributed by atoms with E-state index in [1.165, 1.54) is 58.2 Å². The summed E-state index contributed by atoms with van der Waals surface area (Å²) in [7, 11) is 2.23. The van der Waals surface area contributed by atoms with Crippen molar-refractivity contribution >= 4 is 0 Å². The van der Waals surface area contributed by atoms with E-state index < -0.39 is 0 Å². The first kappa shape index (κ1) is 12.3. The largest absolute Gasteiger partial charge is 0.328 e. The van der Waals surface area contributed by atoms with Gasteiger partial charge in [-0.05, 0) is 64.6 Å². The van der Waals surface area contributed by atoms with Crippen LogP contribution in [0.5, 0.6) is 0 Å². The van der Waals surface area contributed by atoms with Gasteiger partial charge in [-0.25, -0.2) is 0 Å². The van der Waals surface area contributed by atoms with E-state index in [-0.39, 0.29) is 0 Å². The summed E-state index contributed by atoms with van der Waals surface area (Å²) in [5.74, 6) is 0.934. The molecule has 3 N–H and O–H groups in total. The Hall–Kier alpha value is -0.120. The molecule has 1 saturated heterocycles. The Balaban J connectivity index is 1.54. The molecule has 3 nitrogen and oxygen atoms in total. The molecule has 1 aliphatic heterocycles. The highest BCUT2D eigenvalue weighted by molar-refractivity contribution is 4.80. The molecule has 0 aromatic heterocycles. The molecule has 0 aromatic rings. The molecule has 1 heterocycles. The van der Waals surface area contributed by atoms with Crippen LogP contribution in [-0.2, 0) is 0 Å². The molecule has 0 bridgehead atoms. The van der Waals surface area contributed by atoms with Crippen LogP contribution in [0.2, 0.25) is 0 Å². The molecule has 94 valence electrons. The average molecular weight is 225 g/mol. The molecule has 3 heteroatoms. The van der Waals surface area contributed by atoms with Gasteiger partial charge in [-0.2, -0.15) is 0 Å². The van der Waals surface area contributed by atoms with Crippen molar-refractivity contribution in [2.45, 2.75) is 50.6 Å². The Morgan fingerprint density at radius 3 is 2.56 bits per heavy atom. The van der Waals surface area contributed by atoms with Gasteiger partial charge in [0.05, 0.1) is 0 Å². The second kappa shape index (κ2) is 5.99. The lowest BCUT2D eigenvalue weighted by atomic mass is 9.91. The number of rotatable bonds is 4. The zero-order valence-electron chi connectivity index (χ0n) is 10.6. The third kappa shape index (κ3) is 3.72. The zero-order chi connectivity index (χ0) is 11.4. The van der Waals surface area contributed by atoms with Crippen molar-refractivity contribution in [1.82, 2.24) is 10.2 Å². The van der Waals surface area contributed by atoms with Gasteiger partial charge in [-0.15, -0.1) is 0 Å². The fraction of sp³-hybridized carbons (Fsp3) is 1.00. The summed E-state index contributed by atoms with van der Waals surface area (Å²) in [5.41, 5.74) is 5.91. The van der Waals surface area contributed by atoms with Gasteiger partial charge in [-0.1, -0.05) is 0 Å². The van der Waals surface area contributed by atoms with Crippen molar-refractivity contribution in [1.29, 1.82) is 0 Å². The van der Waals surface area contributed by atoms with Gasteiger partial charge in [-0.3, -0.25) is 0 Å². The number of hydrogen-bond donors (Lipinski definition) is 2. The second-order valence-electron chi connectivity index (χ2n) is 5.77. The minimum absolute atomic E-state index is 0.474. The maximum absolute atomic E-state index is 5.91. The highest BCUT2D eigenvalue weighted by Gasteiger charge is 2.21. The van der Waals surface area contributed by atoms with Crippen LogP contribution in [0.1, 0.15) is 38.5 Å². The van der Waals surface area contributed by atoms with E-state index in [0.717, 1.165) is 12.0 Å². The topological polar surface area (TPSA) is 41.3 Å². The summed E-state index contributed by atoms with van der Waals surface area (Å²) in [4.78, 5) is 2.45. The maximum Gasteiger partial charge on any atom is 0.00682 e. The van der Waals surface area contributed by atoms with Crippen LogP contribution in [0.25, 0.3) is 0 Å². The Morgan fingerprint density at radius 2 is 1.94 bits per heavy atom. The van der Waals surface area contributed by atoms with Crippen molar-refractivity contribution in [3.05, 3.63) is 0 Å². The minimum Gasteiger partial charge on any atom is -0.328 e. The number of hydrogen-bond acceptors (Lipinski definition) is 3. The number of nitrogens with one attached hydrogen (secondary N) is 1. The summed E-state index contributed by atoms with van der Waals surface area (Å²) in [6.45, 7) is 3.80. The molecule has 0 spiro atoms. The fourth-order valence-electron chi connectivity index (χ4n) is 3.08. The molecule has 1 aliphatic carbocycles. The summed E-state index contributed by atoms with van der Waals surface area (Å²) >= 11 is 0. The lowest BCUT2D eigenvalue weighted by molar-refractivity contribution is 0.329. The Morgan fingerprint density at radius 1 is 1.19 bits per heavy atom. The second-order valence-corrected chi connectivity index (χ2v) is 5.77. The summed E-state index contributed by atoms with van der Waals surface area (Å²) < 4.78 is 0. The van der Waals surface area contributed by atoms with Crippen molar-refractivity contribution < 1.29 is 0 Å². The lowest BCUT2D eigenvalue weighted by Gasteiger charge is -2.27.